The Bertz CT molecular complexity index is 372. The van der Waals surface area contributed by atoms with Crippen molar-refractivity contribution in [2.24, 2.45) is 5.92 Å². The van der Waals surface area contributed by atoms with Crippen LogP contribution in [0.1, 0.15) is 32.6 Å². The van der Waals surface area contributed by atoms with Crippen LogP contribution in [0.3, 0.4) is 0 Å². The Kier molecular flexibility index (Phi) is 4.36. The molecule has 1 aromatic rings. The number of ether oxygens (including phenoxy) is 2. The van der Waals surface area contributed by atoms with Crippen molar-refractivity contribution in [3.05, 3.63) is 5.28 Å². The van der Waals surface area contributed by atoms with Crippen molar-refractivity contribution in [3.63, 3.8) is 0 Å². The minimum Gasteiger partial charge on any atom is -0.463 e. The van der Waals surface area contributed by atoms with E-state index in [9.17, 15) is 0 Å². The average Bonchev–Trinajstić information content (AvgIpc) is 3.10. The fourth-order valence-electron chi connectivity index (χ4n) is 1.36. The molecule has 1 fully saturated rings. The van der Waals surface area contributed by atoms with Gasteiger partial charge in [-0.25, -0.2) is 0 Å². The first kappa shape index (κ1) is 12.4. The first-order valence-electron chi connectivity index (χ1n) is 5.95. The van der Waals surface area contributed by atoms with E-state index in [4.69, 9.17) is 21.1 Å². The summed E-state index contributed by atoms with van der Waals surface area (Å²) in [4.78, 5) is 11.8. The summed E-state index contributed by atoms with van der Waals surface area (Å²) in [5.41, 5.74) is 0. The smallest absolute Gasteiger partial charge is 0.323 e. The lowest BCUT2D eigenvalue weighted by atomic mass is 10.3. The van der Waals surface area contributed by atoms with E-state index in [1.807, 2.05) is 6.92 Å². The van der Waals surface area contributed by atoms with Crippen LogP contribution in [0.15, 0.2) is 0 Å². The zero-order valence-corrected chi connectivity index (χ0v) is 10.6. The second-order valence-corrected chi connectivity index (χ2v) is 4.44. The fourth-order valence-corrected chi connectivity index (χ4v) is 1.51. The van der Waals surface area contributed by atoms with Gasteiger partial charge >= 0.3 is 12.0 Å². The zero-order chi connectivity index (χ0) is 12.1. The van der Waals surface area contributed by atoms with Gasteiger partial charge in [0.2, 0.25) is 5.28 Å². The normalized spacial score (nSPS) is 14.7. The van der Waals surface area contributed by atoms with Crippen LogP contribution in [0, 0.1) is 5.92 Å². The van der Waals surface area contributed by atoms with Crippen LogP contribution in [-0.2, 0) is 0 Å². The fraction of sp³-hybridized carbons (Fsp3) is 0.727. The standard InChI is InChI=1S/C11H16ClN3O2/c1-2-6-16-10-13-9(12)14-11(15-10)17-7-5-8-3-4-8/h8H,2-7H2,1H3. The van der Waals surface area contributed by atoms with E-state index in [-0.39, 0.29) is 17.3 Å². The lowest BCUT2D eigenvalue weighted by Gasteiger charge is -2.06. The molecule has 0 radical (unpaired) electrons. The van der Waals surface area contributed by atoms with Crippen molar-refractivity contribution in [2.75, 3.05) is 13.2 Å². The topological polar surface area (TPSA) is 57.1 Å². The molecule has 1 aromatic heterocycles. The van der Waals surface area contributed by atoms with E-state index in [0.717, 1.165) is 18.8 Å². The Hall–Kier alpha value is -1.10. The first-order valence-corrected chi connectivity index (χ1v) is 6.33. The van der Waals surface area contributed by atoms with E-state index in [1.54, 1.807) is 0 Å². The maximum atomic E-state index is 5.76. The minimum atomic E-state index is 0.104. The third-order valence-electron chi connectivity index (χ3n) is 2.46. The lowest BCUT2D eigenvalue weighted by Crippen LogP contribution is -2.06. The molecular formula is C11H16ClN3O2. The summed E-state index contributed by atoms with van der Waals surface area (Å²) in [5.74, 6) is 0.822. The van der Waals surface area contributed by atoms with Crippen molar-refractivity contribution < 1.29 is 9.47 Å². The third-order valence-corrected chi connectivity index (χ3v) is 2.63. The summed E-state index contributed by atoms with van der Waals surface area (Å²) in [7, 11) is 0. The van der Waals surface area contributed by atoms with Gasteiger partial charge in [-0.3, -0.25) is 0 Å². The molecule has 0 N–H and O–H groups in total. The van der Waals surface area contributed by atoms with Gasteiger partial charge in [0.25, 0.3) is 0 Å². The molecule has 0 unspecified atom stereocenters. The van der Waals surface area contributed by atoms with Gasteiger partial charge in [-0.2, -0.15) is 9.97 Å². The number of nitrogens with zero attached hydrogens (tertiary/aromatic N) is 3. The highest BCUT2D eigenvalue weighted by Gasteiger charge is 2.21. The van der Waals surface area contributed by atoms with Crippen LogP contribution in [0.4, 0.5) is 0 Å². The molecule has 0 bridgehead atoms. The van der Waals surface area contributed by atoms with Crippen molar-refractivity contribution in [2.45, 2.75) is 32.6 Å². The largest absolute Gasteiger partial charge is 0.463 e. The zero-order valence-electron chi connectivity index (χ0n) is 9.86. The molecule has 94 valence electrons. The molecule has 0 aromatic carbocycles. The van der Waals surface area contributed by atoms with E-state index in [1.165, 1.54) is 12.8 Å². The highest BCUT2D eigenvalue weighted by molar-refractivity contribution is 6.28. The van der Waals surface area contributed by atoms with E-state index >= 15 is 0 Å². The molecule has 0 saturated heterocycles. The Balaban J connectivity index is 1.87. The predicted octanol–water partition coefficient (Wildman–Crippen LogP) is 2.49. The van der Waals surface area contributed by atoms with Gasteiger partial charge in [-0.15, -0.1) is 4.98 Å². The summed E-state index contributed by atoms with van der Waals surface area (Å²) in [6.07, 6.45) is 4.56. The predicted molar refractivity (Wildman–Crippen MR) is 63.5 cm³/mol. The van der Waals surface area contributed by atoms with E-state index in [0.29, 0.717) is 13.2 Å². The highest BCUT2D eigenvalue weighted by atomic mass is 35.5. The summed E-state index contributed by atoms with van der Waals surface area (Å²) >= 11 is 5.76. The van der Waals surface area contributed by atoms with Gasteiger partial charge in [-0.05, 0) is 30.4 Å². The molecular weight excluding hydrogens is 242 g/mol. The summed E-state index contributed by atoms with van der Waals surface area (Å²) in [5, 5.41) is 0.104. The number of aromatic nitrogens is 3. The average molecular weight is 258 g/mol. The third kappa shape index (κ3) is 4.34. The molecule has 1 heterocycles. The minimum absolute atomic E-state index is 0.104. The molecule has 2 rings (SSSR count). The molecule has 1 saturated carbocycles. The molecule has 6 heteroatoms. The van der Waals surface area contributed by atoms with Crippen LogP contribution >= 0.6 is 11.6 Å². The maximum absolute atomic E-state index is 5.76. The molecule has 0 amide bonds. The van der Waals surface area contributed by atoms with Gasteiger partial charge in [0.15, 0.2) is 0 Å². The Morgan fingerprint density at radius 2 is 1.76 bits per heavy atom. The quantitative estimate of drug-likeness (QED) is 0.751. The van der Waals surface area contributed by atoms with Crippen LogP contribution < -0.4 is 9.47 Å². The number of hydrogen-bond acceptors (Lipinski definition) is 5. The first-order chi connectivity index (χ1) is 8.28. The molecule has 0 atom stereocenters. The van der Waals surface area contributed by atoms with Crippen molar-refractivity contribution in [1.29, 1.82) is 0 Å². The Morgan fingerprint density at radius 3 is 2.35 bits per heavy atom. The van der Waals surface area contributed by atoms with Gasteiger partial charge < -0.3 is 9.47 Å². The van der Waals surface area contributed by atoms with Crippen LogP contribution in [-0.4, -0.2) is 28.2 Å². The van der Waals surface area contributed by atoms with E-state index < -0.39 is 0 Å². The second-order valence-electron chi connectivity index (χ2n) is 4.10. The van der Waals surface area contributed by atoms with Crippen LogP contribution in [0.2, 0.25) is 5.28 Å². The number of hydrogen-bond donors (Lipinski definition) is 0. The maximum Gasteiger partial charge on any atom is 0.323 e. The van der Waals surface area contributed by atoms with E-state index in [2.05, 4.69) is 15.0 Å². The van der Waals surface area contributed by atoms with Gasteiger partial charge in [0.05, 0.1) is 13.2 Å². The Labute approximate surface area is 106 Å². The summed E-state index contributed by atoms with van der Waals surface area (Å²) in [6, 6.07) is 0.477. The molecule has 1 aliphatic rings. The molecule has 5 nitrogen and oxygen atoms in total. The molecule has 0 aliphatic heterocycles. The lowest BCUT2D eigenvalue weighted by molar-refractivity contribution is 0.255. The molecule has 0 spiro atoms. The Morgan fingerprint density at radius 1 is 1.12 bits per heavy atom. The monoisotopic (exact) mass is 257 g/mol. The summed E-state index contributed by atoms with van der Waals surface area (Å²) < 4.78 is 10.7. The van der Waals surface area contributed by atoms with Crippen molar-refractivity contribution >= 4 is 11.6 Å². The number of halogens is 1. The van der Waals surface area contributed by atoms with Crippen LogP contribution in [0.5, 0.6) is 12.0 Å². The number of rotatable bonds is 7. The molecule has 1 aliphatic carbocycles. The summed E-state index contributed by atoms with van der Waals surface area (Å²) in [6.45, 7) is 3.19. The van der Waals surface area contributed by atoms with Gasteiger partial charge in [-0.1, -0.05) is 19.8 Å². The second kappa shape index (κ2) is 6.00. The van der Waals surface area contributed by atoms with Crippen molar-refractivity contribution in [3.8, 4) is 12.0 Å². The van der Waals surface area contributed by atoms with Crippen molar-refractivity contribution in [1.82, 2.24) is 15.0 Å². The van der Waals surface area contributed by atoms with Gasteiger partial charge in [0, 0.05) is 0 Å². The highest BCUT2D eigenvalue weighted by Crippen LogP contribution is 2.32. The molecule has 17 heavy (non-hydrogen) atoms. The van der Waals surface area contributed by atoms with Gasteiger partial charge in [0.1, 0.15) is 0 Å². The van der Waals surface area contributed by atoms with Crippen LogP contribution in [0.25, 0.3) is 0 Å². The SMILES string of the molecule is CCCOc1nc(Cl)nc(OCCC2CC2)n1.